The lowest BCUT2D eigenvalue weighted by Gasteiger charge is -2.20. The first-order valence-electron chi connectivity index (χ1n) is 7.29. The maximum absolute atomic E-state index is 12.1. The molecule has 0 bridgehead atoms. The van der Waals surface area contributed by atoms with Gasteiger partial charge in [-0.3, -0.25) is 0 Å². The third kappa shape index (κ3) is 5.74. The molecule has 0 saturated heterocycles. The van der Waals surface area contributed by atoms with Crippen molar-refractivity contribution >= 4 is 10.0 Å². The maximum Gasteiger partial charge on any atom is 0.240 e. The number of sulfonamides is 1. The van der Waals surface area contributed by atoms with E-state index in [4.69, 9.17) is 5.73 Å². The molecule has 0 spiro atoms. The molecule has 1 unspecified atom stereocenters. The fourth-order valence-electron chi connectivity index (χ4n) is 1.83. The number of nitrogens with one attached hydrogen (secondary N) is 1. The lowest BCUT2D eigenvalue weighted by atomic mass is 10.1. The Bertz CT molecular complexity index is 524. The summed E-state index contributed by atoms with van der Waals surface area (Å²) in [5.41, 5.74) is 6.68. The zero-order valence-electron chi connectivity index (χ0n) is 13.3. The van der Waals surface area contributed by atoms with Gasteiger partial charge in [-0.1, -0.05) is 12.1 Å². The van der Waals surface area contributed by atoms with E-state index in [2.05, 4.69) is 23.5 Å². The Morgan fingerprint density at radius 3 is 2.24 bits per heavy atom. The minimum absolute atomic E-state index is 0.0960. The van der Waals surface area contributed by atoms with Crippen molar-refractivity contribution in [2.75, 3.05) is 20.1 Å². The molecule has 120 valence electrons. The Kier molecular flexibility index (Phi) is 6.80. The summed E-state index contributed by atoms with van der Waals surface area (Å²) < 4.78 is 26.9. The van der Waals surface area contributed by atoms with Gasteiger partial charge in [-0.15, -0.1) is 0 Å². The van der Waals surface area contributed by atoms with E-state index in [1.165, 1.54) is 0 Å². The summed E-state index contributed by atoms with van der Waals surface area (Å²) in [4.78, 5) is 2.47. The van der Waals surface area contributed by atoms with E-state index < -0.39 is 10.0 Å². The number of nitrogens with zero attached hydrogens (tertiary/aromatic N) is 1. The largest absolute Gasteiger partial charge is 0.324 e. The molecular weight excluding hydrogens is 286 g/mol. The van der Waals surface area contributed by atoms with Gasteiger partial charge in [-0.25, -0.2) is 13.1 Å². The standard InChI is InChI=1S/C15H27N3O2S/c1-12(2)18(4)11-5-10-17-21(19,20)15-8-6-14(7-9-15)13(3)16/h6-9,12-13,17H,5,10-11,16H2,1-4H3. The molecule has 1 rings (SSSR count). The van der Waals surface area contributed by atoms with Crippen LogP contribution in [0.1, 0.15) is 38.8 Å². The van der Waals surface area contributed by atoms with Gasteiger partial charge in [0, 0.05) is 18.6 Å². The predicted octanol–water partition coefficient (Wildman–Crippen LogP) is 1.71. The third-order valence-electron chi connectivity index (χ3n) is 3.58. The van der Waals surface area contributed by atoms with E-state index in [1.54, 1.807) is 24.3 Å². The molecule has 1 aromatic carbocycles. The minimum atomic E-state index is -3.43. The predicted molar refractivity (Wildman–Crippen MR) is 86.6 cm³/mol. The average molecular weight is 313 g/mol. The van der Waals surface area contributed by atoms with Gasteiger partial charge in [-0.05, 0) is 58.5 Å². The summed E-state index contributed by atoms with van der Waals surface area (Å²) in [6.07, 6.45) is 0.784. The molecule has 0 heterocycles. The van der Waals surface area contributed by atoms with Crippen molar-refractivity contribution in [2.24, 2.45) is 5.73 Å². The van der Waals surface area contributed by atoms with Crippen molar-refractivity contribution < 1.29 is 8.42 Å². The Morgan fingerprint density at radius 1 is 1.19 bits per heavy atom. The molecule has 0 radical (unpaired) electrons. The van der Waals surface area contributed by atoms with E-state index in [0.717, 1.165) is 18.5 Å². The van der Waals surface area contributed by atoms with Crippen LogP contribution in [0, 0.1) is 0 Å². The molecule has 1 atom stereocenters. The molecule has 0 aromatic heterocycles. The highest BCUT2D eigenvalue weighted by molar-refractivity contribution is 7.89. The molecule has 0 amide bonds. The van der Waals surface area contributed by atoms with Crippen LogP contribution in [0.4, 0.5) is 0 Å². The first-order chi connectivity index (χ1) is 9.74. The highest BCUT2D eigenvalue weighted by atomic mass is 32.2. The van der Waals surface area contributed by atoms with Gasteiger partial charge in [0.2, 0.25) is 10.0 Å². The summed E-state index contributed by atoms with van der Waals surface area (Å²) in [6, 6.07) is 7.08. The molecule has 0 fully saturated rings. The van der Waals surface area contributed by atoms with E-state index in [9.17, 15) is 8.42 Å². The second kappa shape index (κ2) is 7.89. The van der Waals surface area contributed by atoms with Crippen LogP contribution in [0.5, 0.6) is 0 Å². The summed E-state index contributed by atoms with van der Waals surface area (Å²) in [5.74, 6) is 0. The summed E-state index contributed by atoms with van der Waals surface area (Å²) in [5, 5.41) is 0. The van der Waals surface area contributed by atoms with Crippen LogP contribution in [0.15, 0.2) is 29.2 Å². The minimum Gasteiger partial charge on any atom is -0.324 e. The normalized spacial score (nSPS) is 13.9. The van der Waals surface area contributed by atoms with Crippen LogP contribution in [0.25, 0.3) is 0 Å². The number of benzene rings is 1. The Hall–Kier alpha value is -0.950. The molecule has 21 heavy (non-hydrogen) atoms. The topological polar surface area (TPSA) is 75.4 Å². The second-order valence-electron chi connectivity index (χ2n) is 5.68. The molecule has 5 nitrogen and oxygen atoms in total. The SMILES string of the molecule is CC(N)c1ccc(S(=O)(=O)NCCCN(C)C(C)C)cc1. The molecule has 0 aliphatic rings. The van der Waals surface area contributed by atoms with Crippen LogP contribution >= 0.6 is 0 Å². The van der Waals surface area contributed by atoms with Gasteiger partial charge in [0.05, 0.1) is 4.90 Å². The van der Waals surface area contributed by atoms with Gasteiger partial charge in [0.15, 0.2) is 0 Å². The smallest absolute Gasteiger partial charge is 0.240 e. The van der Waals surface area contributed by atoms with Gasteiger partial charge in [0.25, 0.3) is 0 Å². The highest BCUT2D eigenvalue weighted by Gasteiger charge is 2.13. The van der Waals surface area contributed by atoms with Gasteiger partial charge in [-0.2, -0.15) is 0 Å². The third-order valence-corrected chi connectivity index (χ3v) is 5.05. The first kappa shape index (κ1) is 18.1. The van der Waals surface area contributed by atoms with E-state index in [0.29, 0.717) is 12.6 Å². The average Bonchev–Trinajstić information content (AvgIpc) is 2.43. The number of hydrogen-bond acceptors (Lipinski definition) is 4. The lowest BCUT2D eigenvalue weighted by Crippen LogP contribution is -2.31. The van der Waals surface area contributed by atoms with E-state index >= 15 is 0 Å². The maximum atomic E-state index is 12.1. The van der Waals surface area contributed by atoms with Crippen molar-refractivity contribution in [3.05, 3.63) is 29.8 Å². The second-order valence-corrected chi connectivity index (χ2v) is 7.45. The van der Waals surface area contributed by atoms with Crippen molar-refractivity contribution in [3.63, 3.8) is 0 Å². The van der Waals surface area contributed by atoms with Crippen molar-refractivity contribution in [1.29, 1.82) is 0 Å². The van der Waals surface area contributed by atoms with E-state index in [-0.39, 0.29) is 10.9 Å². The molecule has 1 aromatic rings. The molecule has 0 saturated carbocycles. The van der Waals surface area contributed by atoms with Crippen molar-refractivity contribution in [1.82, 2.24) is 9.62 Å². The fraction of sp³-hybridized carbons (Fsp3) is 0.600. The Balaban J connectivity index is 2.53. The molecular formula is C15H27N3O2S. The molecule has 3 N–H and O–H groups in total. The van der Waals surface area contributed by atoms with Gasteiger partial charge >= 0.3 is 0 Å². The summed E-state index contributed by atoms with van der Waals surface area (Å²) >= 11 is 0. The monoisotopic (exact) mass is 313 g/mol. The zero-order valence-corrected chi connectivity index (χ0v) is 14.2. The van der Waals surface area contributed by atoms with Crippen molar-refractivity contribution in [3.8, 4) is 0 Å². The molecule has 0 aliphatic carbocycles. The van der Waals surface area contributed by atoms with Crippen LogP contribution in [0.3, 0.4) is 0 Å². The van der Waals surface area contributed by atoms with Crippen LogP contribution < -0.4 is 10.5 Å². The fourth-order valence-corrected chi connectivity index (χ4v) is 2.90. The van der Waals surface area contributed by atoms with Crippen LogP contribution in [-0.2, 0) is 10.0 Å². The first-order valence-corrected chi connectivity index (χ1v) is 8.78. The number of nitrogens with two attached hydrogens (primary N) is 1. The quantitative estimate of drug-likeness (QED) is 0.717. The summed E-state index contributed by atoms with van der Waals surface area (Å²) in [6.45, 7) is 7.40. The zero-order chi connectivity index (χ0) is 16.0. The molecule has 6 heteroatoms. The van der Waals surface area contributed by atoms with Crippen LogP contribution in [-0.4, -0.2) is 39.5 Å². The summed E-state index contributed by atoms with van der Waals surface area (Å²) in [7, 11) is -1.40. The number of hydrogen-bond donors (Lipinski definition) is 2. The number of rotatable bonds is 8. The van der Waals surface area contributed by atoms with Gasteiger partial charge in [0.1, 0.15) is 0 Å². The lowest BCUT2D eigenvalue weighted by molar-refractivity contribution is 0.271. The van der Waals surface area contributed by atoms with E-state index in [1.807, 2.05) is 14.0 Å². The Labute approximate surface area is 128 Å². The highest BCUT2D eigenvalue weighted by Crippen LogP contribution is 2.14. The Morgan fingerprint density at radius 2 is 1.76 bits per heavy atom. The van der Waals surface area contributed by atoms with Crippen molar-refractivity contribution in [2.45, 2.75) is 44.2 Å². The van der Waals surface area contributed by atoms with Crippen LogP contribution in [0.2, 0.25) is 0 Å². The van der Waals surface area contributed by atoms with Gasteiger partial charge < -0.3 is 10.6 Å². The molecule has 0 aliphatic heterocycles.